The lowest BCUT2D eigenvalue weighted by atomic mass is 9.48. The van der Waals surface area contributed by atoms with Gasteiger partial charge in [0.15, 0.2) is 0 Å². The van der Waals surface area contributed by atoms with Crippen molar-refractivity contribution in [1.82, 2.24) is 5.32 Å². The smallest absolute Gasteiger partial charge is 0.124 e. The minimum Gasteiger partial charge on any atom is -0.488 e. The van der Waals surface area contributed by atoms with Crippen LogP contribution in [0.15, 0.2) is 42.5 Å². The topological polar surface area (TPSA) is 21.3 Å². The van der Waals surface area contributed by atoms with Gasteiger partial charge in [-0.2, -0.15) is 0 Å². The molecule has 4 heteroatoms. The summed E-state index contributed by atoms with van der Waals surface area (Å²) >= 11 is 12.6. The van der Waals surface area contributed by atoms with E-state index in [9.17, 15) is 0 Å². The quantitative estimate of drug-likeness (QED) is 0.485. The lowest BCUT2D eigenvalue weighted by molar-refractivity contribution is -0.0706. The lowest BCUT2D eigenvalue weighted by Crippen LogP contribution is -2.54. The predicted molar refractivity (Wildman–Crippen MR) is 124 cm³/mol. The first-order chi connectivity index (χ1) is 14.5. The van der Waals surface area contributed by atoms with Crippen LogP contribution < -0.4 is 10.1 Å². The Labute approximate surface area is 190 Å². The molecule has 0 aliphatic heterocycles. The van der Waals surface area contributed by atoms with Gasteiger partial charge in [-0.25, -0.2) is 0 Å². The third-order valence-corrected chi connectivity index (χ3v) is 8.72. The first kappa shape index (κ1) is 20.7. The maximum absolute atomic E-state index is 6.31. The molecule has 0 radical (unpaired) electrons. The van der Waals surface area contributed by atoms with Crippen LogP contribution in [0.3, 0.4) is 0 Å². The van der Waals surface area contributed by atoms with E-state index in [1.807, 2.05) is 30.3 Å². The van der Waals surface area contributed by atoms with Crippen molar-refractivity contribution in [3.8, 4) is 5.75 Å². The maximum atomic E-state index is 6.31. The zero-order chi connectivity index (χ0) is 20.7. The third kappa shape index (κ3) is 3.99. The number of hydrogen-bond acceptors (Lipinski definition) is 2. The van der Waals surface area contributed by atoms with Crippen LogP contribution in [0.2, 0.25) is 10.0 Å². The van der Waals surface area contributed by atoms with Crippen LogP contribution in [0, 0.1) is 23.2 Å². The SMILES string of the molecule is C[C@@H](NCc1ccccc1OCc1c(Cl)cccc1Cl)C12CC3CC(CC(C3)C1)C2. The molecular formula is C26H31Cl2NO. The van der Waals surface area contributed by atoms with Crippen molar-refractivity contribution >= 4 is 23.2 Å². The van der Waals surface area contributed by atoms with Crippen molar-refractivity contribution in [3.05, 3.63) is 63.6 Å². The van der Waals surface area contributed by atoms with Gasteiger partial charge in [-0.1, -0.05) is 47.5 Å². The van der Waals surface area contributed by atoms with Gasteiger partial charge < -0.3 is 10.1 Å². The molecule has 160 valence electrons. The van der Waals surface area contributed by atoms with Crippen molar-refractivity contribution in [2.75, 3.05) is 0 Å². The number of nitrogens with one attached hydrogen (secondary N) is 1. The van der Waals surface area contributed by atoms with Gasteiger partial charge in [0.2, 0.25) is 0 Å². The summed E-state index contributed by atoms with van der Waals surface area (Å²) in [6.07, 6.45) is 8.76. The van der Waals surface area contributed by atoms with E-state index in [4.69, 9.17) is 27.9 Å². The molecular weight excluding hydrogens is 413 g/mol. The Kier molecular flexibility index (Phi) is 5.77. The van der Waals surface area contributed by atoms with E-state index in [0.717, 1.165) is 35.6 Å². The number of rotatable bonds is 7. The van der Waals surface area contributed by atoms with E-state index in [2.05, 4.69) is 24.4 Å². The van der Waals surface area contributed by atoms with Gasteiger partial charge in [0, 0.05) is 33.8 Å². The molecule has 0 unspecified atom stereocenters. The summed E-state index contributed by atoms with van der Waals surface area (Å²) in [5, 5.41) is 5.18. The molecule has 6 rings (SSSR count). The van der Waals surface area contributed by atoms with E-state index < -0.39 is 0 Å². The Morgan fingerprint density at radius 3 is 2.17 bits per heavy atom. The Morgan fingerprint density at radius 1 is 0.933 bits per heavy atom. The summed E-state index contributed by atoms with van der Waals surface area (Å²) in [5.74, 6) is 3.85. The molecule has 2 aromatic rings. The number of hydrogen-bond donors (Lipinski definition) is 1. The van der Waals surface area contributed by atoms with Crippen LogP contribution in [0.25, 0.3) is 0 Å². The molecule has 2 aromatic carbocycles. The summed E-state index contributed by atoms with van der Waals surface area (Å²) in [4.78, 5) is 0. The van der Waals surface area contributed by atoms with Gasteiger partial charge in [0.25, 0.3) is 0 Å². The first-order valence-corrected chi connectivity index (χ1v) is 12.1. The lowest BCUT2D eigenvalue weighted by Gasteiger charge is -2.59. The largest absolute Gasteiger partial charge is 0.488 e. The van der Waals surface area contributed by atoms with E-state index in [1.54, 1.807) is 0 Å². The Morgan fingerprint density at radius 2 is 1.53 bits per heavy atom. The zero-order valence-electron chi connectivity index (χ0n) is 17.7. The Hall–Kier alpha value is -1.22. The van der Waals surface area contributed by atoms with Crippen molar-refractivity contribution in [2.24, 2.45) is 23.2 Å². The standard InChI is InChI=1S/C26H31Cl2NO/c1-17(26-12-18-9-19(13-26)11-20(10-18)14-26)29-15-21-5-2-3-8-25(21)30-16-22-23(27)6-4-7-24(22)28/h2-8,17-20,29H,9-16H2,1H3/t17-,18?,19?,20?,26?/m1/s1. The molecule has 4 aliphatic rings. The fourth-order valence-corrected chi connectivity index (χ4v) is 7.30. The molecule has 4 aliphatic carbocycles. The zero-order valence-corrected chi connectivity index (χ0v) is 19.2. The summed E-state index contributed by atoms with van der Waals surface area (Å²) in [7, 11) is 0. The Balaban J connectivity index is 1.25. The van der Waals surface area contributed by atoms with Crippen LogP contribution in [0.1, 0.15) is 56.6 Å². The van der Waals surface area contributed by atoms with Crippen LogP contribution in [0.4, 0.5) is 0 Å². The van der Waals surface area contributed by atoms with Gasteiger partial charge in [-0.3, -0.25) is 0 Å². The highest BCUT2D eigenvalue weighted by molar-refractivity contribution is 6.35. The van der Waals surface area contributed by atoms with Crippen LogP contribution in [0.5, 0.6) is 5.75 Å². The summed E-state index contributed by atoms with van der Waals surface area (Å²) in [6, 6.07) is 14.4. The van der Waals surface area contributed by atoms with Crippen LogP contribution in [-0.4, -0.2) is 6.04 Å². The van der Waals surface area contributed by atoms with E-state index in [0.29, 0.717) is 28.1 Å². The number of ether oxygens (including phenoxy) is 1. The van der Waals surface area contributed by atoms with Gasteiger partial charge in [-0.15, -0.1) is 0 Å². The van der Waals surface area contributed by atoms with E-state index in [-0.39, 0.29) is 0 Å². The van der Waals surface area contributed by atoms with Gasteiger partial charge in [0.05, 0.1) is 0 Å². The van der Waals surface area contributed by atoms with Gasteiger partial charge >= 0.3 is 0 Å². The molecule has 0 heterocycles. The second kappa shape index (κ2) is 8.37. The fraction of sp³-hybridized carbons (Fsp3) is 0.538. The maximum Gasteiger partial charge on any atom is 0.124 e. The molecule has 1 N–H and O–H groups in total. The molecule has 0 saturated heterocycles. The molecule has 1 atom stereocenters. The van der Waals surface area contributed by atoms with Crippen molar-refractivity contribution in [1.29, 1.82) is 0 Å². The van der Waals surface area contributed by atoms with Crippen molar-refractivity contribution in [3.63, 3.8) is 0 Å². The second-order valence-electron chi connectivity index (χ2n) is 9.98. The van der Waals surface area contributed by atoms with E-state index >= 15 is 0 Å². The number of para-hydroxylation sites is 1. The van der Waals surface area contributed by atoms with Crippen molar-refractivity contribution in [2.45, 2.75) is 64.6 Å². The molecule has 4 saturated carbocycles. The summed E-state index contributed by atoms with van der Waals surface area (Å²) in [5.41, 5.74) is 2.54. The van der Waals surface area contributed by atoms with Crippen LogP contribution in [-0.2, 0) is 13.2 Å². The highest BCUT2D eigenvalue weighted by Gasteiger charge is 2.52. The number of benzene rings is 2. The molecule has 30 heavy (non-hydrogen) atoms. The van der Waals surface area contributed by atoms with E-state index in [1.165, 1.54) is 44.1 Å². The molecule has 0 amide bonds. The summed E-state index contributed by atoms with van der Waals surface area (Å²) in [6.45, 7) is 3.62. The molecule has 0 aromatic heterocycles. The average Bonchev–Trinajstić information content (AvgIpc) is 2.71. The minimum absolute atomic E-state index is 0.375. The molecule has 4 bridgehead atoms. The van der Waals surface area contributed by atoms with Crippen LogP contribution >= 0.6 is 23.2 Å². The Bertz CT molecular complexity index is 856. The first-order valence-electron chi connectivity index (χ1n) is 11.4. The number of halogens is 2. The monoisotopic (exact) mass is 443 g/mol. The average molecular weight is 444 g/mol. The fourth-order valence-electron chi connectivity index (χ4n) is 6.80. The normalized spacial score (nSPS) is 30.4. The third-order valence-electron chi connectivity index (χ3n) is 8.01. The molecule has 4 fully saturated rings. The van der Waals surface area contributed by atoms with Crippen molar-refractivity contribution < 1.29 is 4.74 Å². The minimum atomic E-state index is 0.375. The second-order valence-corrected chi connectivity index (χ2v) is 10.8. The van der Waals surface area contributed by atoms with Gasteiger partial charge in [-0.05, 0) is 86.8 Å². The molecule has 0 spiro atoms. The highest BCUT2D eigenvalue weighted by Crippen LogP contribution is 2.61. The molecule has 2 nitrogen and oxygen atoms in total. The highest BCUT2D eigenvalue weighted by atomic mass is 35.5. The van der Waals surface area contributed by atoms with Gasteiger partial charge in [0.1, 0.15) is 12.4 Å². The summed E-state index contributed by atoms with van der Waals surface area (Å²) < 4.78 is 6.16. The predicted octanol–water partition coefficient (Wildman–Crippen LogP) is 7.27.